The summed E-state index contributed by atoms with van der Waals surface area (Å²) in [6, 6.07) is 2.18. The average molecular weight is 285 g/mol. The van der Waals surface area contributed by atoms with Crippen molar-refractivity contribution in [2.75, 3.05) is 7.11 Å². The summed E-state index contributed by atoms with van der Waals surface area (Å²) < 4.78 is 5.36. The fourth-order valence-corrected chi connectivity index (χ4v) is 4.28. The van der Waals surface area contributed by atoms with E-state index in [1.807, 2.05) is 6.92 Å². The van der Waals surface area contributed by atoms with Gasteiger partial charge in [-0.15, -0.1) is 0 Å². The summed E-state index contributed by atoms with van der Waals surface area (Å²) in [5.74, 6) is 0.319. The van der Waals surface area contributed by atoms with E-state index in [4.69, 9.17) is 4.74 Å². The second-order valence-corrected chi connectivity index (χ2v) is 6.35. The zero-order valence-electron chi connectivity index (χ0n) is 12.6. The number of nitrogens with zero attached hydrogens (tertiary/aromatic N) is 3. The van der Waals surface area contributed by atoms with E-state index in [0.29, 0.717) is 12.3 Å². The second kappa shape index (κ2) is 4.80. The molecule has 0 bridgehead atoms. The second-order valence-electron chi connectivity index (χ2n) is 6.35. The number of ketones is 1. The molecule has 2 aliphatic rings. The maximum atomic E-state index is 12.3. The number of carbonyl (C=O) groups is 1. The topological polar surface area (TPSA) is 75.9 Å². The Balaban J connectivity index is 2.13. The number of rotatable bonds is 1. The molecule has 1 aromatic heterocycles. The zero-order chi connectivity index (χ0) is 15.2. The van der Waals surface area contributed by atoms with Crippen LogP contribution in [0.25, 0.3) is 0 Å². The number of Topliss-reactive ketones (excluding diaryl/α,β-unsaturated/α-hetero) is 1. The Labute approximate surface area is 124 Å². The molecule has 0 saturated heterocycles. The van der Waals surface area contributed by atoms with Crippen molar-refractivity contribution in [3.8, 4) is 11.9 Å². The van der Waals surface area contributed by atoms with Gasteiger partial charge in [0.05, 0.1) is 18.9 Å². The lowest BCUT2D eigenvalue weighted by molar-refractivity contribution is -0.132. The number of methoxy groups -OCH3 is 1. The van der Waals surface area contributed by atoms with Crippen molar-refractivity contribution >= 4 is 5.78 Å². The Morgan fingerprint density at radius 3 is 2.90 bits per heavy atom. The molecule has 0 radical (unpaired) electrons. The molecule has 0 amide bonds. The highest BCUT2D eigenvalue weighted by atomic mass is 16.5. The van der Waals surface area contributed by atoms with Crippen LogP contribution in [-0.2, 0) is 16.6 Å². The molecular weight excluding hydrogens is 266 g/mol. The summed E-state index contributed by atoms with van der Waals surface area (Å²) in [7, 11) is 1.61. The molecule has 21 heavy (non-hydrogen) atoms. The van der Waals surface area contributed by atoms with Crippen LogP contribution in [0, 0.1) is 29.1 Å². The molecule has 1 saturated carbocycles. The van der Waals surface area contributed by atoms with Crippen molar-refractivity contribution in [2.45, 2.75) is 38.5 Å². The third-order valence-electron chi connectivity index (χ3n) is 5.34. The van der Waals surface area contributed by atoms with Crippen molar-refractivity contribution < 1.29 is 9.53 Å². The predicted molar refractivity (Wildman–Crippen MR) is 75.6 cm³/mol. The molecule has 1 aromatic rings. The van der Waals surface area contributed by atoms with Crippen molar-refractivity contribution in [3.63, 3.8) is 0 Å². The molecule has 0 aliphatic heterocycles. The first-order valence-electron chi connectivity index (χ1n) is 7.34. The smallest absolute Gasteiger partial charge is 0.219 e. The molecule has 1 unspecified atom stereocenters. The average Bonchev–Trinajstić information content (AvgIpc) is 2.50. The van der Waals surface area contributed by atoms with Crippen LogP contribution in [0.1, 0.15) is 37.9 Å². The summed E-state index contributed by atoms with van der Waals surface area (Å²) in [5, 5.41) is 9.30. The lowest BCUT2D eigenvalue weighted by Crippen LogP contribution is -2.50. The molecule has 110 valence electrons. The quantitative estimate of drug-likeness (QED) is 0.789. The fourth-order valence-electron chi connectivity index (χ4n) is 4.28. The van der Waals surface area contributed by atoms with Crippen LogP contribution in [0.15, 0.2) is 6.33 Å². The van der Waals surface area contributed by atoms with Crippen LogP contribution in [0.4, 0.5) is 0 Å². The minimum absolute atomic E-state index is 0.0875. The zero-order valence-corrected chi connectivity index (χ0v) is 12.6. The highest BCUT2D eigenvalue weighted by Crippen LogP contribution is 2.52. The van der Waals surface area contributed by atoms with E-state index >= 15 is 0 Å². The molecule has 3 rings (SSSR count). The molecule has 4 atom stereocenters. The largest absolute Gasteiger partial charge is 0.481 e. The molecule has 5 heteroatoms. The summed E-state index contributed by atoms with van der Waals surface area (Å²) >= 11 is 0. The van der Waals surface area contributed by atoms with Crippen LogP contribution >= 0.6 is 0 Å². The number of ether oxygens (including phenoxy) is 1. The van der Waals surface area contributed by atoms with E-state index in [9.17, 15) is 10.1 Å². The number of fused-ring (bicyclic) bond motifs is 3. The van der Waals surface area contributed by atoms with Gasteiger partial charge in [-0.1, -0.05) is 13.8 Å². The van der Waals surface area contributed by atoms with E-state index in [1.165, 1.54) is 6.33 Å². The van der Waals surface area contributed by atoms with Crippen molar-refractivity contribution in [1.29, 1.82) is 5.26 Å². The first-order chi connectivity index (χ1) is 10.0. The molecule has 5 nitrogen and oxygen atoms in total. The Kier molecular flexibility index (Phi) is 3.20. The van der Waals surface area contributed by atoms with Crippen molar-refractivity contribution in [2.24, 2.45) is 17.8 Å². The molecule has 1 fully saturated rings. The minimum atomic E-state index is -0.534. The van der Waals surface area contributed by atoms with E-state index < -0.39 is 5.92 Å². The van der Waals surface area contributed by atoms with E-state index in [2.05, 4.69) is 23.0 Å². The first-order valence-corrected chi connectivity index (χ1v) is 7.34. The monoisotopic (exact) mass is 285 g/mol. The summed E-state index contributed by atoms with van der Waals surface area (Å²) in [4.78, 5) is 21.0. The van der Waals surface area contributed by atoms with Crippen LogP contribution < -0.4 is 4.74 Å². The molecule has 1 heterocycles. The van der Waals surface area contributed by atoms with Gasteiger partial charge in [0.1, 0.15) is 12.2 Å². The van der Waals surface area contributed by atoms with Crippen LogP contribution in [-0.4, -0.2) is 22.9 Å². The van der Waals surface area contributed by atoms with Crippen LogP contribution in [0.5, 0.6) is 5.88 Å². The van der Waals surface area contributed by atoms with Gasteiger partial charge in [0.25, 0.3) is 0 Å². The molecule has 2 aliphatic carbocycles. The SMILES string of the molecule is COc1ncnc2c1CC[C@H]1[C@H](C)C(=O)C(C#N)C[C@]21C. The summed E-state index contributed by atoms with van der Waals surface area (Å²) in [6.07, 6.45) is 3.81. The third kappa shape index (κ3) is 1.85. The standard InChI is InChI=1S/C16H19N3O2/c1-9-12-5-4-11-14(18-8-19-15(11)21-3)16(12,2)6-10(7-17)13(9)20/h8-10,12H,4-6H2,1-3H3/t9-,10?,12-,16-/m0/s1. The van der Waals surface area contributed by atoms with E-state index in [0.717, 1.165) is 24.1 Å². The number of aromatic nitrogens is 2. The maximum absolute atomic E-state index is 12.3. The van der Waals surface area contributed by atoms with Gasteiger partial charge >= 0.3 is 0 Å². The fraction of sp³-hybridized carbons (Fsp3) is 0.625. The van der Waals surface area contributed by atoms with Gasteiger partial charge in [-0.2, -0.15) is 5.26 Å². The molecular formula is C16H19N3O2. The highest BCUT2D eigenvalue weighted by Gasteiger charge is 2.53. The minimum Gasteiger partial charge on any atom is -0.481 e. The van der Waals surface area contributed by atoms with Crippen molar-refractivity contribution in [1.82, 2.24) is 9.97 Å². The van der Waals surface area contributed by atoms with Crippen LogP contribution in [0.2, 0.25) is 0 Å². The van der Waals surface area contributed by atoms with Gasteiger partial charge in [0, 0.05) is 16.9 Å². The van der Waals surface area contributed by atoms with Gasteiger partial charge in [-0.25, -0.2) is 9.97 Å². The highest BCUT2D eigenvalue weighted by molar-refractivity contribution is 5.87. The van der Waals surface area contributed by atoms with Crippen molar-refractivity contribution in [3.05, 3.63) is 17.6 Å². The lowest BCUT2D eigenvalue weighted by Gasteiger charge is -2.48. The molecule has 0 aromatic carbocycles. The third-order valence-corrected chi connectivity index (χ3v) is 5.34. The number of hydrogen-bond donors (Lipinski definition) is 0. The first kappa shape index (κ1) is 14.0. The normalized spacial score (nSPS) is 34.6. The Hall–Kier alpha value is -1.96. The lowest BCUT2D eigenvalue weighted by atomic mass is 9.54. The molecule has 0 spiro atoms. The summed E-state index contributed by atoms with van der Waals surface area (Å²) in [6.45, 7) is 4.09. The number of carbonyl (C=O) groups excluding carboxylic acids is 1. The van der Waals surface area contributed by atoms with Gasteiger partial charge in [-0.05, 0) is 25.2 Å². The van der Waals surface area contributed by atoms with Gasteiger partial charge in [0.15, 0.2) is 5.78 Å². The predicted octanol–water partition coefficient (Wildman–Crippen LogP) is 2.05. The molecule has 0 N–H and O–H groups in total. The Morgan fingerprint density at radius 1 is 1.48 bits per heavy atom. The Morgan fingerprint density at radius 2 is 2.24 bits per heavy atom. The maximum Gasteiger partial charge on any atom is 0.219 e. The van der Waals surface area contributed by atoms with Gasteiger partial charge in [-0.3, -0.25) is 4.79 Å². The van der Waals surface area contributed by atoms with Gasteiger partial charge in [0.2, 0.25) is 5.88 Å². The van der Waals surface area contributed by atoms with Crippen LogP contribution in [0.3, 0.4) is 0 Å². The van der Waals surface area contributed by atoms with E-state index in [-0.39, 0.29) is 23.0 Å². The summed E-state index contributed by atoms with van der Waals surface area (Å²) in [5.41, 5.74) is 1.75. The van der Waals surface area contributed by atoms with Gasteiger partial charge < -0.3 is 4.74 Å². The number of nitriles is 1. The number of hydrogen-bond acceptors (Lipinski definition) is 5. The van der Waals surface area contributed by atoms with E-state index in [1.54, 1.807) is 7.11 Å². The Bertz CT molecular complexity index is 637.